The van der Waals surface area contributed by atoms with Gasteiger partial charge in [-0.2, -0.15) is 0 Å². The van der Waals surface area contributed by atoms with Crippen molar-refractivity contribution in [2.24, 2.45) is 0 Å². The molecule has 0 saturated heterocycles. The van der Waals surface area contributed by atoms with Crippen LogP contribution in [0.15, 0.2) is 157 Å². The van der Waals surface area contributed by atoms with Crippen molar-refractivity contribution >= 4 is 44.0 Å². The predicted octanol–water partition coefficient (Wildman–Crippen LogP) is 10.4. The third-order valence-electron chi connectivity index (χ3n) is 8.97. The summed E-state index contributed by atoms with van der Waals surface area (Å²) in [6, 6.07) is 45.6. The lowest BCUT2D eigenvalue weighted by molar-refractivity contribution is 1.06. The van der Waals surface area contributed by atoms with Crippen LogP contribution in [0.5, 0.6) is 0 Å². The Morgan fingerprint density at radius 1 is 0.523 bits per heavy atom. The van der Waals surface area contributed by atoms with Gasteiger partial charge in [0.05, 0.1) is 22.4 Å². The van der Waals surface area contributed by atoms with Gasteiger partial charge in [0.2, 0.25) is 0 Å². The van der Waals surface area contributed by atoms with E-state index < -0.39 is 0 Å². The van der Waals surface area contributed by atoms with Crippen LogP contribution in [0, 0.1) is 5.41 Å². The van der Waals surface area contributed by atoms with Crippen molar-refractivity contribution in [2.45, 2.75) is 0 Å². The summed E-state index contributed by atoms with van der Waals surface area (Å²) in [5.41, 5.74) is 16.7. The highest BCUT2D eigenvalue weighted by Gasteiger charge is 2.25. The van der Waals surface area contributed by atoms with Gasteiger partial charge < -0.3 is 5.41 Å². The van der Waals surface area contributed by atoms with Gasteiger partial charge in [-0.1, -0.05) is 121 Å². The Bertz CT molecular complexity index is 2400. The van der Waals surface area contributed by atoms with Crippen LogP contribution in [0.4, 0.5) is 0 Å². The van der Waals surface area contributed by atoms with Gasteiger partial charge in [0.1, 0.15) is 0 Å². The van der Waals surface area contributed by atoms with E-state index in [2.05, 4.69) is 119 Å². The first-order valence-corrected chi connectivity index (χ1v) is 15.0. The highest BCUT2D eigenvalue weighted by Crippen LogP contribution is 2.50. The summed E-state index contributed by atoms with van der Waals surface area (Å²) in [5, 5.41) is 13.8. The fraction of sp³-hybridized carbons (Fsp3) is 0. The van der Waals surface area contributed by atoms with Crippen LogP contribution in [-0.4, -0.2) is 10.4 Å². The van der Waals surface area contributed by atoms with Gasteiger partial charge >= 0.3 is 0 Å². The van der Waals surface area contributed by atoms with E-state index in [0.717, 1.165) is 27.9 Å². The summed E-state index contributed by atoms with van der Waals surface area (Å²) in [6.07, 6.45) is 7.79. The fourth-order valence-electron chi connectivity index (χ4n) is 7.02. The summed E-state index contributed by atoms with van der Waals surface area (Å²) >= 11 is 0. The molecule has 0 amide bonds. The van der Waals surface area contributed by atoms with E-state index in [9.17, 15) is 0 Å². The van der Waals surface area contributed by atoms with E-state index in [1.54, 1.807) is 0 Å². The van der Waals surface area contributed by atoms with Crippen LogP contribution >= 0.6 is 0 Å². The van der Waals surface area contributed by atoms with Crippen LogP contribution in [0.3, 0.4) is 0 Å². The highest BCUT2D eigenvalue weighted by molar-refractivity contribution is 6.30. The summed E-state index contributed by atoms with van der Waals surface area (Å²) in [4.78, 5) is 0. The van der Waals surface area contributed by atoms with Crippen LogP contribution in [0.25, 0.3) is 71.7 Å². The smallest absolute Gasteiger partial charge is 0.0716 e. The first-order chi connectivity index (χ1) is 21.8. The minimum absolute atomic E-state index is 0.483. The van der Waals surface area contributed by atoms with Gasteiger partial charge in [-0.3, -0.25) is 10.1 Å². The number of nitrogens with one attached hydrogen (secondary N) is 2. The predicted molar refractivity (Wildman–Crippen MR) is 186 cm³/mol. The van der Waals surface area contributed by atoms with E-state index in [1.807, 2.05) is 42.5 Å². The van der Waals surface area contributed by atoms with Crippen LogP contribution in [-0.2, 0) is 0 Å². The molecule has 0 unspecified atom stereocenters. The van der Waals surface area contributed by atoms with E-state index in [4.69, 9.17) is 5.41 Å². The molecule has 1 heterocycles. The molecule has 0 aliphatic heterocycles. The van der Waals surface area contributed by atoms with Crippen molar-refractivity contribution in [1.29, 1.82) is 5.41 Å². The van der Waals surface area contributed by atoms with Crippen molar-refractivity contribution in [3.8, 4) is 33.4 Å². The summed E-state index contributed by atoms with van der Waals surface area (Å²) in [7, 11) is 0. The van der Waals surface area contributed by atoms with Crippen LogP contribution < -0.4 is 5.43 Å². The standard InChI is InChI=1S/C41H27N3/c42-35-20-10-9-18-33(35)41(27-14-5-2-6-15-27)43-44-36-21-11-19-32-30-16-7-8-17-31(30)34-25-29(26-12-3-1-4-13-26)24-28-22-23-37(44)40(38(28)34)39(32)36/h1-25,42-43H/b41-33-,42-35?. The second kappa shape index (κ2) is 9.55. The zero-order chi connectivity index (χ0) is 29.2. The maximum Gasteiger partial charge on any atom is 0.0716 e. The largest absolute Gasteiger partial charge is 0.300 e. The van der Waals surface area contributed by atoms with Crippen molar-refractivity contribution in [3.63, 3.8) is 0 Å². The number of hydrogen-bond acceptors (Lipinski definition) is 2. The second-order valence-corrected chi connectivity index (χ2v) is 11.4. The van der Waals surface area contributed by atoms with Gasteiger partial charge in [0, 0.05) is 21.9 Å². The van der Waals surface area contributed by atoms with Gasteiger partial charge in [-0.25, -0.2) is 0 Å². The third kappa shape index (κ3) is 3.60. The molecule has 7 aromatic rings. The Hall–Kier alpha value is -5.93. The first kappa shape index (κ1) is 24.6. The molecule has 0 fully saturated rings. The molecule has 2 N–H and O–H groups in total. The number of nitrogens with zero attached hydrogens (tertiary/aromatic N) is 1. The quantitative estimate of drug-likeness (QED) is 0.220. The number of aromatic nitrogens is 1. The second-order valence-electron chi connectivity index (χ2n) is 11.4. The molecule has 1 aromatic heterocycles. The van der Waals surface area contributed by atoms with E-state index in [0.29, 0.717) is 5.71 Å². The molecule has 3 nitrogen and oxygen atoms in total. The Balaban J connectivity index is 1.39. The fourth-order valence-corrected chi connectivity index (χ4v) is 7.02. The topological polar surface area (TPSA) is 40.8 Å². The lowest BCUT2D eigenvalue weighted by Gasteiger charge is -2.20. The maximum absolute atomic E-state index is 8.79. The molecule has 6 aromatic carbocycles. The molecule has 2 aliphatic rings. The maximum atomic E-state index is 8.79. The number of allylic oxidation sites excluding steroid dienone is 5. The molecule has 0 radical (unpaired) electrons. The van der Waals surface area contributed by atoms with Crippen LogP contribution in [0.1, 0.15) is 5.56 Å². The minimum Gasteiger partial charge on any atom is -0.300 e. The molecular weight excluding hydrogens is 534 g/mol. The molecular formula is C41H27N3. The molecule has 206 valence electrons. The molecule has 0 saturated carbocycles. The molecule has 0 spiro atoms. The van der Waals surface area contributed by atoms with Crippen molar-refractivity contribution in [3.05, 3.63) is 163 Å². The lowest BCUT2D eigenvalue weighted by atomic mass is 9.90. The number of benzene rings is 6. The number of fused-ring (bicyclic) bond motifs is 3. The van der Waals surface area contributed by atoms with Gasteiger partial charge in [0.15, 0.2) is 0 Å². The zero-order valence-electron chi connectivity index (χ0n) is 23.9. The van der Waals surface area contributed by atoms with E-state index >= 15 is 0 Å². The Morgan fingerprint density at radius 2 is 1.20 bits per heavy atom. The van der Waals surface area contributed by atoms with Crippen molar-refractivity contribution in [2.75, 3.05) is 5.43 Å². The average molecular weight is 562 g/mol. The summed E-state index contributed by atoms with van der Waals surface area (Å²) in [6.45, 7) is 0. The normalized spacial score (nSPS) is 14.5. The molecule has 2 aliphatic carbocycles. The lowest BCUT2D eigenvalue weighted by Crippen LogP contribution is -2.17. The molecule has 9 rings (SSSR count). The van der Waals surface area contributed by atoms with Crippen molar-refractivity contribution < 1.29 is 0 Å². The highest BCUT2D eigenvalue weighted by atomic mass is 15.4. The monoisotopic (exact) mass is 561 g/mol. The molecule has 3 heteroatoms. The molecule has 44 heavy (non-hydrogen) atoms. The molecule has 0 bridgehead atoms. The Morgan fingerprint density at radius 3 is 2.00 bits per heavy atom. The molecule has 0 atom stereocenters. The van der Waals surface area contributed by atoms with E-state index in [1.165, 1.54) is 54.9 Å². The first-order valence-electron chi connectivity index (χ1n) is 15.0. The van der Waals surface area contributed by atoms with E-state index in [-0.39, 0.29) is 0 Å². The summed E-state index contributed by atoms with van der Waals surface area (Å²) < 4.78 is 2.23. The van der Waals surface area contributed by atoms with Crippen LogP contribution in [0.2, 0.25) is 0 Å². The number of hydrogen-bond donors (Lipinski definition) is 2. The van der Waals surface area contributed by atoms with Crippen molar-refractivity contribution in [1.82, 2.24) is 4.68 Å². The summed E-state index contributed by atoms with van der Waals surface area (Å²) in [5.74, 6) is 0. The van der Waals surface area contributed by atoms with Gasteiger partial charge in [-0.15, -0.1) is 0 Å². The zero-order valence-corrected chi connectivity index (χ0v) is 23.9. The van der Waals surface area contributed by atoms with Gasteiger partial charge in [-0.05, 0) is 74.5 Å². The Kier molecular flexibility index (Phi) is 5.35. The SMILES string of the molecule is N=C1C=CC=C/C1=C(/Nn1c2cccc3c2c2c4c(cc(-c5ccccc5)cc4ccc21)-c1ccccc1-3)c1ccccc1. The van der Waals surface area contributed by atoms with Gasteiger partial charge in [0.25, 0.3) is 0 Å². The number of rotatable bonds is 4. The third-order valence-corrected chi connectivity index (χ3v) is 8.97. The minimum atomic E-state index is 0.483. The Labute approximate surface area is 255 Å². The average Bonchev–Trinajstić information content (AvgIpc) is 3.34.